The molecule has 94 valence electrons. The van der Waals surface area contributed by atoms with Crippen molar-refractivity contribution in [2.75, 3.05) is 19.6 Å². The zero-order valence-electron chi connectivity index (χ0n) is 9.39. The standard InChI is InChI=1S/C11H14ClNO4/c1-15-9-4-2-3-5-10(9)16-7-8(6-12)17-11(13)14/h2-5,8H,6-7H2,1H3,(H2,13,14). The van der Waals surface area contributed by atoms with E-state index in [1.807, 2.05) is 12.1 Å². The lowest BCUT2D eigenvalue weighted by atomic mass is 10.3. The van der Waals surface area contributed by atoms with E-state index in [4.69, 9.17) is 31.5 Å². The monoisotopic (exact) mass is 259 g/mol. The van der Waals surface area contributed by atoms with Crippen LogP contribution in [-0.2, 0) is 4.74 Å². The Balaban J connectivity index is 2.56. The minimum Gasteiger partial charge on any atom is -0.493 e. The van der Waals surface area contributed by atoms with Gasteiger partial charge in [0.05, 0.1) is 13.0 Å². The van der Waals surface area contributed by atoms with Gasteiger partial charge in [-0.25, -0.2) is 4.79 Å². The SMILES string of the molecule is COc1ccccc1OCC(CCl)OC(N)=O. The summed E-state index contributed by atoms with van der Waals surface area (Å²) in [4.78, 5) is 10.6. The minimum absolute atomic E-state index is 0.109. The lowest BCUT2D eigenvalue weighted by Crippen LogP contribution is -2.29. The molecule has 1 aromatic rings. The van der Waals surface area contributed by atoms with Gasteiger partial charge in [-0.05, 0) is 12.1 Å². The lowest BCUT2D eigenvalue weighted by molar-refractivity contribution is 0.0832. The normalized spacial score (nSPS) is 11.6. The van der Waals surface area contributed by atoms with E-state index in [1.54, 1.807) is 19.2 Å². The van der Waals surface area contributed by atoms with Gasteiger partial charge in [-0.15, -0.1) is 11.6 Å². The fraction of sp³-hybridized carbons (Fsp3) is 0.364. The predicted molar refractivity (Wildman–Crippen MR) is 63.7 cm³/mol. The van der Waals surface area contributed by atoms with Crippen LogP contribution in [0.4, 0.5) is 4.79 Å². The van der Waals surface area contributed by atoms with E-state index in [0.29, 0.717) is 11.5 Å². The number of methoxy groups -OCH3 is 1. The second-order valence-electron chi connectivity index (χ2n) is 3.18. The average Bonchev–Trinajstić information content (AvgIpc) is 2.34. The van der Waals surface area contributed by atoms with Crippen molar-refractivity contribution in [2.24, 2.45) is 5.73 Å². The summed E-state index contributed by atoms with van der Waals surface area (Å²) in [7, 11) is 1.54. The molecule has 0 bridgehead atoms. The third kappa shape index (κ3) is 4.40. The zero-order valence-corrected chi connectivity index (χ0v) is 10.1. The average molecular weight is 260 g/mol. The summed E-state index contributed by atoms with van der Waals surface area (Å²) in [5, 5.41) is 0. The minimum atomic E-state index is -0.876. The number of rotatable bonds is 6. The van der Waals surface area contributed by atoms with Crippen molar-refractivity contribution < 1.29 is 19.0 Å². The molecule has 0 saturated heterocycles. The zero-order chi connectivity index (χ0) is 12.7. The van der Waals surface area contributed by atoms with Crippen LogP contribution in [0.15, 0.2) is 24.3 Å². The maximum Gasteiger partial charge on any atom is 0.404 e. The Hall–Kier alpha value is -1.62. The number of hydrogen-bond acceptors (Lipinski definition) is 4. The Labute approximate surface area is 104 Å². The predicted octanol–water partition coefficient (Wildman–Crippen LogP) is 1.78. The third-order valence-electron chi connectivity index (χ3n) is 1.95. The van der Waals surface area contributed by atoms with Gasteiger partial charge >= 0.3 is 6.09 Å². The van der Waals surface area contributed by atoms with E-state index in [2.05, 4.69) is 0 Å². The van der Waals surface area contributed by atoms with E-state index in [9.17, 15) is 4.79 Å². The van der Waals surface area contributed by atoms with Crippen molar-refractivity contribution in [3.63, 3.8) is 0 Å². The number of ether oxygens (including phenoxy) is 3. The fourth-order valence-electron chi connectivity index (χ4n) is 1.20. The Morgan fingerprint density at radius 2 is 2.06 bits per heavy atom. The molecule has 1 rings (SSSR count). The summed E-state index contributed by atoms with van der Waals surface area (Å²) in [5.41, 5.74) is 4.89. The smallest absolute Gasteiger partial charge is 0.404 e. The van der Waals surface area contributed by atoms with Crippen molar-refractivity contribution in [1.29, 1.82) is 0 Å². The third-order valence-corrected chi connectivity index (χ3v) is 2.29. The van der Waals surface area contributed by atoms with Gasteiger partial charge < -0.3 is 19.9 Å². The molecule has 1 aromatic carbocycles. The van der Waals surface area contributed by atoms with E-state index in [1.165, 1.54) is 0 Å². The van der Waals surface area contributed by atoms with Gasteiger partial charge in [0.2, 0.25) is 0 Å². The maximum atomic E-state index is 10.6. The second-order valence-corrected chi connectivity index (χ2v) is 3.48. The van der Waals surface area contributed by atoms with Gasteiger partial charge in [-0.3, -0.25) is 0 Å². The highest BCUT2D eigenvalue weighted by atomic mass is 35.5. The van der Waals surface area contributed by atoms with Crippen LogP contribution < -0.4 is 15.2 Å². The van der Waals surface area contributed by atoms with Crippen molar-refractivity contribution in [2.45, 2.75) is 6.10 Å². The molecule has 0 heterocycles. The molecule has 1 amide bonds. The van der Waals surface area contributed by atoms with Crippen molar-refractivity contribution in [1.82, 2.24) is 0 Å². The molecule has 17 heavy (non-hydrogen) atoms. The van der Waals surface area contributed by atoms with E-state index in [0.717, 1.165) is 0 Å². The molecule has 0 fully saturated rings. The first-order valence-corrected chi connectivity index (χ1v) is 5.48. The van der Waals surface area contributed by atoms with E-state index in [-0.39, 0.29) is 12.5 Å². The molecule has 2 N–H and O–H groups in total. The van der Waals surface area contributed by atoms with Crippen LogP contribution in [0, 0.1) is 0 Å². The van der Waals surface area contributed by atoms with Crippen LogP contribution in [-0.4, -0.2) is 31.8 Å². The molecule has 0 saturated carbocycles. The Morgan fingerprint density at radius 3 is 2.59 bits per heavy atom. The molecule has 0 spiro atoms. The number of hydrogen-bond donors (Lipinski definition) is 1. The van der Waals surface area contributed by atoms with E-state index >= 15 is 0 Å². The van der Waals surface area contributed by atoms with Crippen LogP contribution in [0.3, 0.4) is 0 Å². The summed E-state index contributed by atoms with van der Waals surface area (Å²) in [6.45, 7) is 0.118. The van der Waals surface area contributed by atoms with Gasteiger partial charge in [-0.1, -0.05) is 12.1 Å². The van der Waals surface area contributed by atoms with Crippen LogP contribution >= 0.6 is 11.6 Å². The summed E-state index contributed by atoms with van der Waals surface area (Å²) in [6.07, 6.45) is -1.46. The highest BCUT2D eigenvalue weighted by molar-refractivity contribution is 6.18. The largest absolute Gasteiger partial charge is 0.493 e. The Kier molecular flexibility index (Phi) is 5.42. The molecule has 1 atom stereocenters. The number of alkyl halides is 1. The molecule has 6 heteroatoms. The first-order valence-electron chi connectivity index (χ1n) is 4.95. The first kappa shape index (κ1) is 13.4. The van der Waals surface area contributed by atoms with Crippen molar-refractivity contribution >= 4 is 17.7 Å². The number of halogens is 1. The molecule has 1 unspecified atom stereocenters. The highest BCUT2D eigenvalue weighted by Gasteiger charge is 2.13. The van der Waals surface area contributed by atoms with Crippen LogP contribution in [0.2, 0.25) is 0 Å². The Bertz CT molecular complexity index is 372. The summed E-state index contributed by atoms with van der Waals surface area (Å²) < 4.78 is 15.3. The molecular formula is C11H14ClNO4. The fourth-order valence-corrected chi connectivity index (χ4v) is 1.35. The number of carbonyl (C=O) groups excluding carboxylic acids is 1. The summed E-state index contributed by atoms with van der Waals surface area (Å²) in [5.74, 6) is 1.26. The summed E-state index contributed by atoms with van der Waals surface area (Å²) >= 11 is 5.61. The quantitative estimate of drug-likeness (QED) is 0.791. The number of carbonyl (C=O) groups is 1. The number of amides is 1. The van der Waals surface area contributed by atoms with Gasteiger partial charge in [0.15, 0.2) is 17.6 Å². The molecular weight excluding hydrogens is 246 g/mol. The molecule has 0 aromatic heterocycles. The van der Waals surface area contributed by atoms with Gasteiger partial charge in [0.1, 0.15) is 6.61 Å². The number of nitrogens with two attached hydrogens (primary N) is 1. The van der Waals surface area contributed by atoms with Crippen molar-refractivity contribution in [3.05, 3.63) is 24.3 Å². The molecule has 0 radical (unpaired) electrons. The van der Waals surface area contributed by atoms with E-state index < -0.39 is 12.2 Å². The van der Waals surface area contributed by atoms with Crippen LogP contribution in [0.25, 0.3) is 0 Å². The molecule has 0 aliphatic rings. The Morgan fingerprint density at radius 1 is 1.41 bits per heavy atom. The molecule has 0 aliphatic carbocycles. The summed E-state index contributed by atoms with van der Waals surface area (Å²) in [6, 6.07) is 7.14. The van der Waals surface area contributed by atoms with Crippen LogP contribution in [0.1, 0.15) is 0 Å². The number of benzene rings is 1. The van der Waals surface area contributed by atoms with Gasteiger partial charge in [-0.2, -0.15) is 0 Å². The maximum absolute atomic E-state index is 10.6. The second kappa shape index (κ2) is 6.85. The van der Waals surface area contributed by atoms with Gasteiger partial charge in [0, 0.05) is 0 Å². The topological polar surface area (TPSA) is 70.8 Å². The van der Waals surface area contributed by atoms with Gasteiger partial charge in [0.25, 0.3) is 0 Å². The highest BCUT2D eigenvalue weighted by Crippen LogP contribution is 2.25. The lowest BCUT2D eigenvalue weighted by Gasteiger charge is -2.16. The first-order chi connectivity index (χ1) is 8.17. The van der Waals surface area contributed by atoms with Crippen LogP contribution in [0.5, 0.6) is 11.5 Å². The number of para-hydroxylation sites is 2. The van der Waals surface area contributed by atoms with Crippen molar-refractivity contribution in [3.8, 4) is 11.5 Å². The number of primary amides is 1. The molecule has 5 nitrogen and oxygen atoms in total. The molecule has 0 aliphatic heterocycles.